The Kier molecular flexibility index (Phi) is 2.67. The van der Waals surface area contributed by atoms with Gasteiger partial charge in [0.2, 0.25) is 0 Å². The van der Waals surface area contributed by atoms with Gasteiger partial charge in [0.1, 0.15) is 0 Å². The molecule has 1 nitrogen and oxygen atoms in total. The Morgan fingerprint density at radius 1 is 1.07 bits per heavy atom. The third-order valence-electron chi connectivity index (χ3n) is 1.87. The largest absolute Gasteiger partial charge is 0.192 e. The molecule has 0 radical (unpaired) electrons. The number of benzene rings is 1. The average Bonchev–Trinajstić information content (AvgIpc) is 2.65. The summed E-state index contributed by atoms with van der Waals surface area (Å²) in [7, 11) is 0. The van der Waals surface area contributed by atoms with Crippen molar-refractivity contribution in [3.8, 4) is 16.5 Å². The van der Waals surface area contributed by atoms with Gasteiger partial charge < -0.3 is 0 Å². The molecule has 0 atom stereocenters. The molecule has 0 fully saturated rings. The second-order valence-corrected chi connectivity index (χ2v) is 5.26. The van der Waals surface area contributed by atoms with Crippen LogP contribution in [0.25, 0.3) is 10.4 Å². The van der Waals surface area contributed by atoms with Crippen molar-refractivity contribution in [2.24, 2.45) is 0 Å². The molecule has 2 aromatic rings. The molecular weight excluding hydrogens is 258 g/mol. The Morgan fingerprint density at radius 3 is 2.29 bits per heavy atom. The molecule has 0 saturated heterocycles. The number of nitriles is 1. The van der Waals surface area contributed by atoms with E-state index in [1.165, 1.54) is 4.88 Å². The van der Waals surface area contributed by atoms with E-state index < -0.39 is 0 Å². The van der Waals surface area contributed by atoms with Crippen LogP contribution in [0.4, 0.5) is 0 Å². The van der Waals surface area contributed by atoms with E-state index in [-0.39, 0.29) is 0 Å². The minimum absolute atomic E-state index is 0.698. The highest BCUT2D eigenvalue weighted by molar-refractivity contribution is 9.11. The summed E-state index contributed by atoms with van der Waals surface area (Å²) < 4.78 is 1.12. The summed E-state index contributed by atoms with van der Waals surface area (Å²) in [5, 5.41) is 8.65. The standard InChI is InChI=1S/C11H6BrNS/c12-11-6-5-10(14-11)9-3-1-8(7-13)2-4-9/h1-6H. The molecule has 1 aromatic heterocycles. The molecular formula is C11H6BrNS. The van der Waals surface area contributed by atoms with Crippen LogP contribution in [0.15, 0.2) is 40.2 Å². The van der Waals surface area contributed by atoms with Crippen molar-refractivity contribution in [2.75, 3.05) is 0 Å². The molecule has 0 unspecified atom stereocenters. The molecule has 68 valence electrons. The lowest BCUT2D eigenvalue weighted by Crippen LogP contribution is -1.74. The summed E-state index contributed by atoms with van der Waals surface area (Å²) in [5.41, 5.74) is 1.85. The quantitative estimate of drug-likeness (QED) is 0.762. The number of halogens is 1. The maximum absolute atomic E-state index is 8.65. The zero-order valence-corrected chi connectivity index (χ0v) is 9.60. The van der Waals surface area contributed by atoms with Gasteiger partial charge in [-0.3, -0.25) is 0 Å². The maximum Gasteiger partial charge on any atom is 0.0991 e. The van der Waals surface area contributed by atoms with Crippen molar-refractivity contribution in [1.29, 1.82) is 5.26 Å². The summed E-state index contributed by atoms with van der Waals surface area (Å²) in [6, 6.07) is 13.8. The zero-order chi connectivity index (χ0) is 9.97. The summed E-state index contributed by atoms with van der Waals surface area (Å²) in [5.74, 6) is 0. The van der Waals surface area contributed by atoms with Crippen LogP contribution in [-0.2, 0) is 0 Å². The molecule has 1 heterocycles. The number of rotatable bonds is 1. The zero-order valence-electron chi connectivity index (χ0n) is 7.20. The van der Waals surface area contributed by atoms with Gasteiger partial charge in [-0.2, -0.15) is 5.26 Å². The number of hydrogen-bond acceptors (Lipinski definition) is 2. The number of thiophene rings is 1. The lowest BCUT2D eigenvalue weighted by molar-refractivity contribution is 1.49. The van der Waals surface area contributed by atoms with E-state index in [0.29, 0.717) is 5.56 Å². The highest BCUT2D eigenvalue weighted by Gasteiger charge is 2.00. The molecule has 3 heteroatoms. The van der Waals surface area contributed by atoms with Crippen molar-refractivity contribution >= 4 is 27.3 Å². The third-order valence-corrected chi connectivity index (χ3v) is 3.54. The first-order valence-corrected chi connectivity index (χ1v) is 5.66. The van der Waals surface area contributed by atoms with Crippen LogP contribution >= 0.6 is 27.3 Å². The molecule has 0 aliphatic rings. The van der Waals surface area contributed by atoms with Gasteiger partial charge in [0.05, 0.1) is 15.4 Å². The summed E-state index contributed by atoms with van der Waals surface area (Å²) in [6.07, 6.45) is 0. The fourth-order valence-electron chi connectivity index (χ4n) is 1.18. The highest BCUT2D eigenvalue weighted by Crippen LogP contribution is 2.31. The summed E-state index contributed by atoms with van der Waals surface area (Å²) in [6.45, 7) is 0. The fraction of sp³-hybridized carbons (Fsp3) is 0. The molecule has 0 aliphatic carbocycles. The summed E-state index contributed by atoms with van der Waals surface area (Å²) in [4.78, 5) is 1.21. The van der Waals surface area contributed by atoms with Crippen LogP contribution in [0.3, 0.4) is 0 Å². The number of hydrogen-bond donors (Lipinski definition) is 0. The van der Waals surface area contributed by atoms with E-state index in [1.54, 1.807) is 11.3 Å². The van der Waals surface area contributed by atoms with E-state index in [4.69, 9.17) is 5.26 Å². The van der Waals surface area contributed by atoms with Gasteiger partial charge in [-0.25, -0.2) is 0 Å². The van der Waals surface area contributed by atoms with Crippen molar-refractivity contribution in [2.45, 2.75) is 0 Å². The first kappa shape index (κ1) is 9.45. The van der Waals surface area contributed by atoms with E-state index in [1.807, 2.05) is 30.3 Å². The van der Waals surface area contributed by atoms with E-state index in [0.717, 1.165) is 9.35 Å². The molecule has 0 aliphatic heterocycles. The van der Waals surface area contributed by atoms with E-state index in [2.05, 4.69) is 28.1 Å². The summed E-state index contributed by atoms with van der Waals surface area (Å²) >= 11 is 5.11. The molecule has 14 heavy (non-hydrogen) atoms. The van der Waals surface area contributed by atoms with Gasteiger partial charge in [-0.05, 0) is 45.8 Å². The molecule has 0 saturated carbocycles. The minimum atomic E-state index is 0.698. The lowest BCUT2D eigenvalue weighted by Gasteiger charge is -1.95. The molecule has 0 spiro atoms. The van der Waals surface area contributed by atoms with Crippen molar-refractivity contribution in [1.82, 2.24) is 0 Å². The van der Waals surface area contributed by atoms with Crippen LogP contribution in [0.5, 0.6) is 0 Å². The van der Waals surface area contributed by atoms with Crippen LogP contribution in [0.1, 0.15) is 5.56 Å². The van der Waals surface area contributed by atoms with E-state index in [9.17, 15) is 0 Å². The Labute approximate surface area is 94.8 Å². The average molecular weight is 264 g/mol. The highest BCUT2D eigenvalue weighted by atomic mass is 79.9. The molecule has 1 aromatic carbocycles. The first-order valence-electron chi connectivity index (χ1n) is 4.05. The van der Waals surface area contributed by atoms with Crippen molar-refractivity contribution in [3.05, 3.63) is 45.7 Å². The topological polar surface area (TPSA) is 23.8 Å². The fourth-order valence-corrected chi connectivity index (χ4v) is 2.57. The van der Waals surface area contributed by atoms with Gasteiger partial charge >= 0.3 is 0 Å². The predicted molar refractivity (Wildman–Crippen MR) is 62.2 cm³/mol. The second-order valence-electron chi connectivity index (χ2n) is 2.79. The Morgan fingerprint density at radius 2 is 1.79 bits per heavy atom. The van der Waals surface area contributed by atoms with Crippen molar-refractivity contribution in [3.63, 3.8) is 0 Å². The van der Waals surface area contributed by atoms with Gasteiger partial charge in [0.15, 0.2) is 0 Å². The predicted octanol–water partition coefficient (Wildman–Crippen LogP) is 4.05. The maximum atomic E-state index is 8.65. The van der Waals surface area contributed by atoms with Gasteiger partial charge in [-0.15, -0.1) is 11.3 Å². The van der Waals surface area contributed by atoms with Crippen LogP contribution < -0.4 is 0 Å². The molecule has 0 bridgehead atoms. The van der Waals surface area contributed by atoms with Gasteiger partial charge in [-0.1, -0.05) is 12.1 Å². The Hall–Kier alpha value is -1.11. The SMILES string of the molecule is N#Cc1ccc(-c2ccc(Br)s2)cc1. The Bertz CT molecular complexity index is 479. The van der Waals surface area contributed by atoms with Gasteiger partial charge in [0, 0.05) is 4.88 Å². The third kappa shape index (κ3) is 1.87. The minimum Gasteiger partial charge on any atom is -0.192 e. The van der Waals surface area contributed by atoms with Crippen molar-refractivity contribution < 1.29 is 0 Å². The van der Waals surface area contributed by atoms with Crippen LogP contribution in [-0.4, -0.2) is 0 Å². The second kappa shape index (κ2) is 3.95. The number of nitrogens with zero attached hydrogens (tertiary/aromatic N) is 1. The molecule has 0 amide bonds. The van der Waals surface area contributed by atoms with Crippen LogP contribution in [0.2, 0.25) is 0 Å². The molecule has 2 rings (SSSR count). The monoisotopic (exact) mass is 263 g/mol. The van der Waals surface area contributed by atoms with E-state index >= 15 is 0 Å². The first-order chi connectivity index (χ1) is 6.79. The van der Waals surface area contributed by atoms with Gasteiger partial charge in [0.25, 0.3) is 0 Å². The Balaban J connectivity index is 2.39. The molecule has 0 N–H and O–H groups in total. The lowest BCUT2D eigenvalue weighted by atomic mass is 10.1. The smallest absolute Gasteiger partial charge is 0.0991 e. The van der Waals surface area contributed by atoms with Crippen LogP contribution in [0, 0.1) is 11.3 Å². The normalized spacial score (nSPS) is 9.71.